The number of anilines is 2. The number of nitrogens with one attached hydrogen (secondary N) is 1. The van der Waals surface area contributed by atoms with Gasteiger partial charge in [0, 0.05) is 5.69 Å². The molecule has 0 atom stereocenters. The van der Waals surface area contributed by atoms with Crippen LogP contribution in [0.15, 0.2) is 42.5 Å². The largest absolute Gasteiger partial charge is 0.417 e. The SMILES string of the molecule is CS(=O)(=O)N(CC(=O)Nc1ccc(Cl)c(C(F)(F)F)c1)c1ccccc1F. The lowest BCUT2D eigenvalue weighted by Crippen LogP contribution is -2.38. The summed E-state index contributed by atoms with van der Waals surface area (Å²) >= 11 is 5.50. The van der Waals surface area contributed by atoms with Crippen LogP contribution in [0.2, 0.25) is 5.02 Å². The summed E-state index contributed by atoms with van der Waals surface area (Å²) in [4.78, 5) is 12.1. The first-order valence-corrected chi connectivity index (χ1v) is 9.51. The van der Waals surface area contributed by atoms with Crippen LogP contribution >= 0.6 is 11.6 Å². The summed E-state index contributed by atoms with van der Waals surface area (Å²) in [6.07, 6.45) is -3.96. The Balaban J connectivity index is 2.26. The van der Waals surface area contributed by atoms with Gasteiger partial charge in [0.25, 0.3) is 0 Å². The Morgan fingerprint density at radius 2 is 1.81 bits per heavy atom. The maximum Gasteiger partial charge on any atom is 0.417 e. The third-order valence-corrected chi connectivity index (χ3v) is 4.82. The van der Waals surface area contributed by atoms with Crippen molar-refractivity contribution in [3.63, 3.8) is 0 Å². The summed E-state index contributed by atoms with van der Waals surface area (Å²) in [7, 11) is -4.03. The summed E-state index contributed by atoms with van der Waals surface area (Å²) < 4.78 is 76.9. The number of halogens is 5. The van der Waals surface area contributed by atoms with E-state index in [0.29, 0.717) is 10.4 Å². The quantitative estimate of drug-likeness (QED) is 0.740. The third kappa shape index (κ3) is 5.33. The van der Waals surface area contributed by atoms with Crippen LogP contribution in [0.1, 0.15) is 5.56 Å². The number of carbonyl (C=O) groups is 1. The Hall–Kier alpha value is -2.33. The van der Waals surface area contributed by atoms with Gasteiger partial charge >= 0.3 is 6.18 Å². The zero-order chi connectivity index (χ0) is 20.4. The van der Waals surface area contributed by atoms with Gasteiger partial charge in [0.05, 0.1) is 22.5 Å². The van der Waals surface area contributed by atoms with Crippen LogP contribution in [0.5, 0.6) is 0 Å². The van der Waals surface area contributed by atoms with Crippen molar-refractivity contribution in [1.82, 2.24) is 0 Å². The molecule has 0 aromatic heterocycles. The van der Waals surface area contributed by atoms with Crippen molar-refractivity contribution >= 4 is 38.9 Å². The molecule has 1 amide bonds. The Bertz CT molecular complexity index is 964. The van der Waals surface area contributed by atoms with E-state index in [4.69, 9.17) is 11.6 Å². The number of hydrogen-bond donors (Lipinski definition) is 1. The molecule has 0 bridgehead atoms. The fourth-order valence-electron chi connectivity index (χ4n) is 2.19. The van der Waals surface area contributed by atoms with E-state index >= 15 is 0 Å². The monoisotopic (exact) mass is 424 g/mol. The van der Waals surface area contributed by atoms with Crippen molar-refractivity contribution in [3.8, 4) is 0 Å². The predicted octanol–water partition coefficient (Wildman–Crippen LogP) is 3.90. The van der Waals surface area contributed by atoms with Gasteiger partial charge < -0.3 is 5.32 Å². The van der Waals surface area contributed by atoms with Crippen LogP contribution in [-0.4, -0.2) is 27.1 Å². The molecule has 0 fully saturated rings. The van der Waals surface area contributed by atoms with Gasteiger partial charge in [0.2, 0.25) is 15.9 Å². The number of alkyl halides is 3. The van der Waals surface area contributed by atoms with Gasteiger partial charge in [-0.2, -0.15) is 13.2 Å². The fourth-order valence-corrected chi connectivity index (χ4v) is 3.27. The normalized spacial score (nSPS) is 11.9. The summed E-state index contributed by atoms with van der Waals surface area (Å²) in [6.45, 7) is -0.830. The van der Waals surface area contributed by atoms with E-state index in [9.17, 15) is 30.8 Å². The van der Waals surface area contributed by atoms with E-state index in [1.165, 1.54) is 12.1 Å². The van der Waals surface area contributed by atoms with Gasteiger partial charge in [-0.3, -0.25) is 9.10 Å². The van der Waals surface area contributed by atoms with E-state index in [0.717, 1.165) is 30.5 Å². The van der Waals surface area contributed by atoms with E-state index in [1.54, 1.807) is 0 Å². The first-order valence-electron chi connectivity index (χ1n) is 7.28. The summed E-state index contributed by atoms with van der Waals surface area (Å²) in [6, 6.07) is 7.59. The Morgan fingerprint density at radius 1 is 1.19 bits per heavy atom. The van der Waals surface area contributed by atoms with Crippen molar-refractivity contribution in [2.75, 3.05) is 22.4 Å². The number of benzene rings is 2. The second kappa shape index (κ2) is 7.73. The number of rotatable bonds is 5. The summed E-state index contributed by atoms with van der Waals surface area (Å²) in [5.74, 6) is -1.83. The highest BCUT2D eigenvalue weighted by Gasteiger charge is 2.33. The number of para-hydroxylation sites is 1. The van der Waals surface area contributed by atoms with Crippen LogP contribution < -0.4 is 9.62 Å². The molecular weight excluding hydrogens is 412 g/mol. The average Bonchev–Trinajstić information content (AvgIpc) is 2.53. The third-order valence-electron chi connectivity index (χ3n) is 3.36. The molecule has 0 heterocycles. The Labute approximate surface area is 157 Å². The van der Waals surface area contributed by atoms with Crippen molar-refractivity contribution < 1.29 is 30.8 Å². The number of hydrogen-bond acceptors (Lipinski definition) is 3. The van der Waals surface area contributed by atoms with Gasteiger partial charge in [-0.05, 0) is 30.3 Å². The van der Waals surface area contributed by atoms with Gasteiger partial charge in [-0.25, -0.2) is 12.8 Å². The molecule has 0 unspecified atom stereocenters. The fraction of sp³-hybridized carbons (Fsp3) is 0.188. The molecule has 27 heavy (non-hydrogen) atoms. The average molecular weight is 425 g/mol. The molecule has 0 radical (unpaired) electrons. The lowest BCUT2D eigenvalue weighted by Gasteiger charge is -2.22. The molecule has 11 heteroatoms. The predicted molar refractivity (Wildman–Crippen MR) is 93.7 cm³/mol. The van der Waals surface area contributed by atoms with E-state index in [2.05, 4.69) is 5.32 Å². The minimum absolute atomic E-state index is 0.237. The maximum atomic E-state index is 13.9. The molecule has 0 spiro atoms. The number of nitrogens with zero attached hydrogens (tertiary/aromatic N) is 1. The van der Waals surface area contributed by atoms with E-state index in [1.807, 2.05) is 0 Å². The molecule has 0 aliphatic carbocycles. The first-order chi connectivity index (χ1) is 12.4. The van der Waals surface area contributed by atoms with Crippen LogP contribution in [-0.2, 0) is 21.0 Å². The number of amides is 1. The highest BCUT2D eigenvalue weighted by molar-refractivity contribution is 7.92. The van der Waals surface area contributed by atoms with Gasteiger partial charge in [-0.1, -0.05) is 23.7 Å². The van der Waals surface area contributed by atoms with Crippen LogP contribution in [0.4, 0.5) is 28.9 Å². The molecule has 2 aromatic carbocycles. The zero-order valence-electron chi connectivity index (χ0n) is 13.7. The highest BCUT2D eigenvalue weighted by atomic mass is 35.5. The van der Waals surface area contributed by atoms with Gasteiger partial charge in [0.1, 0.15) is 12.4 Å². The molecular formula is C16H13ClF4N2O3S. The highest BCUT2D eigenvalue weighted by Crippen LogP contribution is 2.36. The molecule has 5 nitrogen and oxygen atoms in total. The molecule has 1 N–H and O–H groups in total. The maximum absolute atomic E-state index is 13.9. The zero-order valence-corrected chi connectivity index (χ0v) is 15.3. The topological polar surface area (TPSA) is 66.5 Å². The lowest BCUT2D eigenvalue weighted by atomic mass is 10.2. The van der Waals surface area contributed by atoms with Crippen molar-refractivity contribution in [2.24, 2.45) is 0 Å². The van der Waals surface area contributed by atoms with Gasteiger partial charge in [-0.15, -0.1) is 0 Å². The van der Waals surface area contributed by atoms with Crippen LogP contribution in [0, 0.1) is 5.82 Å². The standard InChI is InChI=1S/C16H13ClF4N2O3S/c1-27(25,26)23(14-5-3-2-4-13(14)18)9-15(24)22-10-6-7-12(17)11(8-10)16(19,20)21/h2-8H,9H2,1H3,(H,22,24). The second-order valence-corrected chi connectivity index (χ2v) is 7.78. The van der Waals surface area contributed by atoms with E-state index < -0.39 is 45.1 Å². The lowest BCUT2D eigenvalue weighted by molar-refractivity contribution is -0.137. The molecule has 0 aliphatic heterocycles. The first kappa shape index (κ1) is 21.0. The molecule has 2 aromatic rings. The molecule has 2 rings (SSSR count). The molecule has 146 valence electrons. The summed E-state index contributed by atoms with van der Waals surface area (Å²) in [5.41, 5.74) is -1.75. The number of carbonyl (C=O) groups excluding carboxylic acids is 1. The Morgan fingerprint density at radius 3 is 2.37 bits per heavy atom. The van der Waals surface area contributed by atoms with Crippen LogP contribution in [0.3, 0.4) is 0 Å². The van der Waals surface area contributed by atoms with Crippen molar-refractivity contribution in [2.45, 2.75) is 6.18 Å². The van der Waals surface area contributed by atoms with Crippen LogP contribution in [0.25, 0.3) is 0 Å². The van der Waals surface area contributed by atoms with Gasteiger partial charge in [0.15, 0.2) is 0 Å². The van der Waals surface area contributed by atoms with Crippen molar-refractivity contribution in [3.05, 3.63) is 58.9 Å². The number of sulfonamides is 1. The molecule has 0 aliphatic rings. The minimum atomic E-state index is -4.73. The van der Waals surface area contributed by atoms with Crippen molar-refractivity contribution in [1.29, 1.82) is 0 Å². The smallest absolute Gasteiger partial charge is 0.324 e. The second-order valence-electron chi connectivity index (χ2n) is 5.46. The Kier molecular flexibility index (Phi) is 6.01. The minimum Gasteiger partial charge on any atom is -0.324 e. The molecule has 0 saturated carbocycles. The summed E-state index contributed by atoms with van der Waals surface area (Å²) in [5, 5.41) is 1.60. The molecule has 0 saturated heterocycles. The van der Waals surface area contributed by atoms with E-state index in [-0.39, 0.29) is 11.4 Å².